The zero-order chi connectivity index (χ0) is 20.3. The van der Waals surface area contributed by atoms with Crippen LogP contribution in [0, 0.1) is 32.8 Å². The van der Waals surface area contributed by atoms with Crippen LogP contribution >= 0.6 is 0 Å². The number of hydrogen-bond donors (Lipinski definition) is 0. The summed E-state index contributed by atoms with van der Waals surface area (Å²) < 4.78 is 27.0. The summed E-state index contributed by atoms with van der Waals surface area (Å²) in [6, 6.07) is 14.2. The molecular formula is C18H15N5O4S. The summed E-state index contributed by atoms with van der Waals surface area (Å²) in [5.41, 5.74) is 0.699. The number of sulfonamides is 1. The normalized spacial score (nSPS) is 14.9. The molecule has 2 aromatic rings. The van der Waals surface area contributed by atoms with Crippen LogP contribution in [0.15, 0.2) is 47.4 Å². The minimum absolute atomic E-state index is 0.0824. The fraction of sp³-hybridized carbons (Fsp3) is 0.222. The third-order valence-corrected chi connectivity index (χ3v) is 6.46. The zero-order valence-electron chi connectivity index (χ0n) is 14.6. The van der Waals surface area contributed by atoms with Crippen molar-refractivity contribution in [1.82, 2.24) is 4.31 Å². The van der Waals surface area contributed by atoms with Crippen LogP contribution in [-0.4, -0.2) is 43.8 Å². The lowest BCUT2D eigenvalue weighted by Gasteiger charge is -2.36. The fourth-order valence-corrected chi connectivity index (χ4v) is 4.76. The first-order chi connectivity index (χ1) is 13.4. The van der Waals surface area contributed by atoms with Gasteiger partial charge in [0.2, 0.25) is 10.0 Å². The van der Waals surface area contributed by atoms with Crippen molar-refractivity contribution in [3.8, 4) is 12.1 Å². The Hall–Kier alpha value is -3.47. The molecule has 1 aliphatic heterocycles. The number of benzene rings is 2. The Morgan fingerprint density at radius 2 is 1.50 bits per heavy atom. The Balaban J connectivity index is 1.87. The molecule has 1 saturated heterocycles. The maximum absolute atomic E-state index is 12.9. The van der Waals surface area contributed by atoms with Crippen molar-refractivity contribution >= 4 is 21.4 Å². The van der Waals surface area contributed by atoms with Crippen LogP contribution in [0.3, 0.4) is 0 Å². The molecule has 142 valence electrons. The number of rotatable bonds is 4. The number of hydrogen-bond acceptors (Lipinski definition) is 7. The minimum Gasteiger partial charge on any atom is -0.367 e. The van der Waals surface area contributed by atoms with Gasteiger partial charge in [0.1, 0.15) is 12.1 Å². The van der Waals surface area contributed by atoms with Gasteiger partial charge < -0.3 is 4.90 Å². The average molecular weight is 397 g/mol. The van der Waals surface area contributed by atoms with E-state index in [0.717, 1.165) is 6.07 Å². The van der Waals surface area contributed by atoms with E-state index in [4.69, 9.17) is 0 Å². The van der Waals surface area contributed by atoms with Crippen LogP contribution < -0.4 is 4.90 Å². The van der Waals surface area contributed by atoms with E-state index in [-0.39, 0.29) is 31.1 Å². The molecule has 0 aromatic heterocycles. The number of nitro groups is 1. The first-order valence-corrected chi connectivity index (χ1v) is 9.76. The molecule has 9 nitrogen and oxygen atoms in total. The Morgan fingerprint density at radius 3 is 2.04 bits per heavy atom. The average Bonchev–Trinajstić information content (AvgIpc) is 2.73. The van der Waals surface area contributed by atoms with Gasteiger partial charge in [0.15, 0.2) is 4.90 Å². The maximum atomic E-state index is 12.9. The van der Waals surface area contributed by atoms with Crippen LogP contribution in [0.1, 0.15) is 11.1 Å². The lowest BCUT2D eigenvalue weighted by Crippen LogP contribution is -2.49. The van der Waals surface area contributed by atoms with Gasteiger partial charge in [-0.25, -0.2) is 8.42 Å². The molecule has 0 N–H and O–H groups in total. The van der Waals surface area contributed by atoms with E-state index in [1.54, 1.807) is 23.1 Å². The van der Waals surface area contributed by atoms with E-state index in [9.17, 15) is 29.1 Å². The first-order valence-electron chi connectivity index (χ1n) is 8.32. The highest BCUT2D eigenvalue weighted by Gasteiger charge is 2.34. The molecule has 1 heterocycles. The standard InChI is InChI=1S/C18H15N5O4S/c19-12-14-4-3-5-15(13-20)18(14)21-8-10-22(11-9-21)28(26,27)17-7-2-1-6-16(17)23(24)25/h1-7H,8-11H2. The van der Waals surface area contributed by atoms with Gasteiger partial charge in [0.25, 0.3) is 5.69 Å². The zero-order valence-corrected chi connectivity index (χ0v) is 15.5. The highest BCUT2D eigenvalue weighted by molar-refractivity contribution is 7.89. The minimum atomic E-state index is -4.04. The Labute approximate surface area is 161 Å². The van der Waals surface area contributed by atoms with E-state index in [0.29, 0.717) is 16.8 Å². The number of piperazine rings is 1. The third-order valence-electron chi connectivity index (χ3n) is 4.51. The van der Waals surface area contributed by atoms with E-state index < -0.39 is 20.6 Å². The molecule has 0 bridgehead atoms. The topological polar surface area (TPSA) is 131 Å². The molecule has 0 aliphatic carbocycles. The molecule has 0 atom stereocenters. The Kier molecular flexibility index (Phi) is 5.27. The fourth-order valence-electron chi connectivity index (χ4n) is 3.18. The van der Waals surface area contributed by atoms with Crippen LogP contribution in [-0.2, 0) is 10.0 Å². The molecule has 0 radical (unpaired) electrons. The number of nitrogens with zero attached hydrogens (tertiary/aromatic N) is 5. The van der Waals surface area contributed by atoms with Crippen LogP contribution in [0.4, 0.5) is 11.4 Å². The summed E-state index contributed by atoms with van der Waals surface area (Å²) in [5.74, 6) is 0. The van der Waals surface area contributed by atoms with Gasteiger partial charge in [-0.3, -0.25) is 10.1 Å². The molecule has 1 aliphatic rings. The molecule has 1 fully saturated rings. The summed E-state index contributed by atoms with van der Waals surface area (Å²) in [6.07, 6.45) is 0. The highest BCUT2D eigenvalue weighted by Crippen LogP contribution is 2.29. The summed E-state index contributed by atoms with van der Waals surface area (Å²) in [6.45, 7) is 0.679. The van der Waals surface area contributed by atoms with Crippen molar-refractivity contribution in [2.45, 2.75) is 4.90 Å². The molecule has 0 saturated carbocycles. The van der Waals surface area contributed by atoms with Crippen molar-refractivity contribution in [3.63, 3.8) is 0 Å². The SMILES string of the molecule is N#Cc1cccc(C#N)c1N1CCN(S(=O)(=O)c2ccccc2[N+](=O)[O-])CC1. The molecule has 28 heavy (non-hydrogen) atoms. The number of para-hydroxylation sites is 2. The van der Waals surface area contributed by atoms with Gasteiger partial charge in [-0.1, -0.05) is 18.2 Å². The summed E-state index contributed by atoms with van der Waals surface area (Å²) >= 11 is 0. The quantitative estimate of drug-likeness (QED) is 0.568. The number of nitriles is 2. The lowest BCUT2D eigenvalue weighted by atomic mass is 10.1. The van der Waals surface area contributed by atoms with Gasteiger partial charge in [0, 0.05) is 32.2 Å². The second kappa shape index (κ2) is 7.64. The number of nitro benzene ring substituents is 1. The Bertz CT molecular complexity index is 1080. The van der Waals surface area contributed by atoms with Crippen molar-refractivity contribution < 1.29 is 13.3 Å². The second-order valence-corrected chi connectivity index (χ2v) is 7.95. The Morgan fingerprint density at radius 1 is 0.929 bits per heavy atom. The molecule has 3 rings (SSSR count). The van der Waals surface area contributed by atoms with E-state index >= 15 is 0 Å². The predicted octanol–water partition coefficient (Wildman–Crippen LogP) is 1.85. The van der Waals surface area contributed by atoms with Crippen molar-refractivity contribution in [3.05, 3.63) is 63.7 Å². The van der Waals surface area contributed by atoms with Gasteiger partial charge in [0.05, 0.1) is 21.7 Å². The van der Waals surface area contributed by atoms with Crippen LogP contribution in [0.5, 0.6) is 0 Å². The van der Waals surface area contributed by atoms with Gasteiger partial charge in [-0.05, 0) is 18.2 Å². The molecule has 0 amide bonds. The largest absolute Gasteiger partial charge is 0.367 e. The molecule has 0 spiro atoms. The van der Waals surface area contributed by atoms with Gasteiger partial charge in [-0.15, -0.1) is 0 Å². The summed E-state index contributed by atoms with van der Waals surface area (Å²) in [7, 11) is -4.04. The maximum Gasteiger partial charge on any atom is 0.289 e. The molecule has 0 unspecified atom stereocenters. The third kappa shape index (κ3) is 3.39. The van der Waals surface area contributed by atoms with Crippen molar-refractivity contribution in [2.75, 3.05) is 31.1 Å². The molecule has 2 aromatic carbocycles. The number of anilines is 1. The lowest BCUT2D eigenvalue weighted by molar-refractivity contribution is -0.387. The van der Waals surface area contributed by atoms with Gasteiger partial charge >= 0.3 is 0 Å². The predicted molar refractivity (Wildman–Crippen MR) is 99.9 cm³/mol. The van der Waals surface area contributed by atoms with Crippen molar-refractivity contribution in [2.24, 2.45) is 0 Å². The highest BCUT2D eigenvalue weighted by atomic mass is 32.2. The van der Waals surface area contributed by atoms with Crippen LogP contribution in [0.25, 0.3) is 0 Å². The second-order valence-electron chi connectivity index (χ2n) is 6.04. The smallest absolute Gasteiger partial charge is 0.289 e. The van der Waals surface area contributed by atoms with Crippen molar-refractivity contribution in [1.29, 1.82) is 10.5 Å². The molecule has 10 heteroatoms. The first kappa shape index (κ1) is 19.3. The monoisotopic (exact) mass is 397 g/mol. The summed E-state index contributed by atoms with van der Waals surface area (Å²) in [4.78, 5) is 11.9. The molecular weight excluding hydrogens is 382 g/mol. The van der Waals surface area contributed by atoms with Gasteiger partial charge in [-0.2, -0.15) is 14.8 Å². The summed E-state index contributed by atoms with van der Waals surface area (Å²) in [5, 5.41) is 29.8. The van der Waals surface area contributed by atoms with E-state index in [2.05, 4.69) is 12.1 Å². The van der Waals surface area contributed by atoms with E-state index in [1.165, 1.54) is 22.5 Å². The van der Waals surface area contributed by atoms with Crippen LogP contribution in [0.2, 0.25) is 0 Å². The van der Waals surface area contributed by atoms with E-state index in [1.807, 2.05) is 0 Å².